The van der Waals surface area contributed by atoms with E-state index in [1.165, 1.54) is 4.57 Å². The highest BCUT2D eigenvalue weighted by Crippen LogP contribution is 2.36. The average Bonchev–Trinajstić information content (AvgIpc) is 3.11. The molecular formula is C20H22Br3N5O4. The Bertz CT molecular complexity index is 1240. The third-order valence-electron chi connectivity index (χ3n) is 5.40. The van der Waals surface area contributed by atoms with Crippen molar-refractivity contribution in [3.05, 3.63) is 46.4 Å². The number of imidazole rings is 1. The van der Waals surface area contributed by atoms with Gasteiger partial charge >= 0.3 is 5.69 Å². The zero-order chi connectivity index (χ0) is 23.0. The second-order valence-electron chi connectivity index (χ2n) is 7.72. The molecule has 1 saturated heterocycles. The quantitative estimate of drug-likeness (QED) is 0.431. The SMILES string of the molecule is Cn1c(=O)[nH]c(=O)c2c1nc(N1CCCCC1)n2C[C@@H](O)COc1c(Br)cc(Br)cc1Br. The van der Waals surface area contributed by atoms with Crippen molar-refractivity contribution in [2.24, 2.45) is 7.05 Å². The second kappa shape index (κ2) is 9.70. The van der Waals surface area contributed by atoms with Gasteiger partial charge in [0, 0.05) is 24.6 Å². The average molecular weight is 636 g/mol. The molecule has 1 aromatic carbocycles. The molecule has 2 N–H and O–H groups in total. The van der Waals surface area contributed by atoms with Crippen LogP contribution in [0.25, 0.3) is 11.2 Å². The van der Waals surface area contributed by atoms with Gasteiger partial charge in [-0.05, 0) is 63.3 Å². The number of aliphatic hydroxyl groups excluding tert-OH is 1. The van der Waals surface area contributed by atoms with Crippen LogP contribution >= 0.6 is 47.8 Å². The molecular weight excluding hydrogens is 614 g/mol. The maximum Gasteiger partial charge on any atom is 0.329 e. The molecule has 32 heavy (non-hydrogen) atoms. The molecule has 0 amide bonds. The lowest BCUT2D eigenvalue weighted by Gasteiger charge is -2.28. The van der Waals surface area contributed by atoms with Crippen LogP contribution in [0.5, 0.6) is 5.75 Å². The number of halogens is 3. The molecule has 1 aliphatic rings. The summed E-state index contributed by atoms with van der Waals surface area (Å²) in [6.07, 6.45) is 2.27. The van der Waals surface area contributed by atoms with Crippen molar-refractivity contribution in [2.75, 3.05) is 24.6 Å². The lowest BCUT2D eigenvalue weighted by atomic mass is 10.1. The number of nitrogens with zero attached hydrogens (tertiary/aromatic N) is 4. The number of ether oxygens (including phenoxy) is 1. The van der Waals surface area contributed by atoms with E-state index >= 15 is 0 Å². The van der Waals surface area contributed by atoms with Crippen LogP contribution in [0.4, 0.5) is 5.95 Å². The number of fused-ring (bicyclic) bond motifs is 1. The van der Waals surface area contributed by atoms with Crippen LogP contribution in [-0.4, -0.2) is 50.0 Å². The number of aliphatic hydroxyl groups is 1. The van der Waals surface area contributed by atoms with Gasteiger partial charge in [-0.3, -0.25) is 14.3 Å². The van der Waals surface area contributed by atoms with Crippen LogP contribution in [-0.2, 0) is 13.6 Å². The van der Waals surface area contributed by atoms with Gasteiger partial charge in [-0.2, -0.15) is 4.98 Å². The minimum absolute atomic E-state index is 0.00160. The number of hydrogen-bond acceptors (Lipinski definition) is 6. The second-order valence-corrected chi connectivity index (χ2v) is 10.3. The van der Waals surface area contributed by atoms with Gasteiger partial charge in [0.2, 0.25) is 5.95 Å². The molecule has 0 radical (unpaired) electrons. The fraction of sp³-hybridized carbons (Fsp3) is 0.450. The first-order chi connectivity index (χ1) is 15.3. The van der Waals surface area contributed by atoms with Crippen LogP contribution < -0.4 is 20.9 Å². The van der Waals surface area contributed by atoms with Crippen LogP contribution in [0.3, 0.4) is 0 Å². The molecule has 2 aromatic heterocycles. The number of benzene rings is 1. The fourth-order valence-electron chi connectivity index (χ4n) is 3.84. The summed E-state index contributed by atoms with van der Waals surface area (Å²) in [5.41, 5.74) is -0.486. The maximum atomic E-state index is 12.7. The molecule has 9 nitrogen and oxygen atoms in total. The van der Waals surface area contributed by atoms with Gasteiger partial charge in [0.05, 0.1) is 15.5 Å². The number of nitrogens with one attached hydrogen (secondary N) is 1. The molecule has 172 valence electrons. The molecule has 4 rings (SSSR count). The molecule has 1 fully saturated rings. The first-order valence-corrected chi connectivity index (χ1v) is 12.5. The van der Waals surface area contributed by atoms with Crippen molar-refractivity contribution in [2.45, 2.75) is 31.9 Å². The summed E-state index contributed by atoms with van der Waals surface area (Å²) in [7, 11) is 1.57. The minimum Gasteiger partial charge on any atom is -0.488 e. The van der Waals surface area contributed by atoms with Crippen molar-refractivity contribution < 1.29 is 9.84 Å². The topological polar surface area (TPSA) is 105 Å². The first-order valence-electron chi connectivity index (χ1n) is 10.2. The lowest BCUT2D eigenvalue weighted by Crippen LogP contribution is -2.34. The third-order valence-corrected chi connectivity index (χ3v) is 7.04. The molecule has 0 saturated carbocycles. The van der Waals surface area contributed by atoms with Gasteiger partial charge in [0.25, 0.3) is 5.56 Å². The fourth-order valence-corrected chi connectivity index (χ4v) is 6.33. The summed E-state index contributed by atoms with van der Waals surface area (Å²) in [5, 5.41) is 10.8. The van der Waals surface area contributed by atoms with E-state index in [0.29, 0.717) is 17.3 Å². The largest absolute Gasteiger partial charge is 0.488 e. The molecule has 0 aliphatic carbocycles. The number of H-pyrrole nitrogens is 1. The number of aromatic nitrogens is 4. The molecule has 3 aromatic rings. The Balaban J connectivity index is 1.66. The predicted octanol–water partition coefficient (Wildman–Crippen LogP) is 3.14. The summed E-state index contributed by atoms with van der Waals surface area (Å²) in [6.45, 7) is 1.71. The van der Waals surface area contributed by atoms with Crippen LogP contribution in [0, 0.1) is 0 Å². The standard InChI is InChI=1S/C20H22Br3N5O4/c1-26-17-15(18(30)25-20(26)31)28(19(24-17)27-5-3-2-4-6-27)9-12(29)10-32-16-13(22)7-11(21)8-14(16)23/h7-8,12,29H,2-6,9-10H2,1H3,(H,25,30,31)/t12-/m1/s1. The third kappa shape index (κ3) is 4.68. The van der Waals surface area contributed by atoms with E-state index in [4.69, 9.17) is 4.74 Å². The minimum atomic E-state index is -0.921. The summed E-state index contributed by atoms with van der Waals surface area (Å²) in [5.74, 6) is 1.15. The van der Waals surface area contributed by atoms with E-state index in [0.717, 1.165) is 45.8 Å². The van der Waals surface area contributed by atoms with Crippen LogP contribution in [0.2, 0.25) is 0 Å². The predicted molar refractivity (Wildman–Crippen MR) is 133 cm³/mol. The Labute approximate surface area is 208 Å². The van der Waals surface area contributed by atoms with Crippen molar-refractivity contribution in [1.82, 2.24) is 19.1 Å². The number of rotatable bonds is 6. The van der Waals surface area contributed by atoms with Crippen molar-refractivity contribution in [1.29, 1.82) is 0 Å². The Hall–Kier alpha value is -1.63. The Morgan fingerprint density at radius 3 is 2.47 bits per heavy atom. The molecule has 0 spiro atoms. The van der Waals surface area contributed by atoms with E-state index in [9.17, 15) is 14.7 Å². The Kier molecular flexibility index (Phi) is 7.13. The monoisotopic (exact) mass is 633 g/mol. The number of hydrogen-bond donors (Lipinski definition) is 2. The summed E-state index contributed by atoms with van der Waals surface area (Å²) in [4.78, 5) is 33.8. The summed E-state index contributed by atoms with van der Waals surface area (Å²) in [6, 6.07) is 3.70. The molecule has 1 atom stereocenters. The van der Waals surface area contributed by atoms with Gasteiger partial charge in [0.15, 0.2) is 11.2 Å². The highest BCUT2D eigenvalue weighted by atomic mass is 79.9. The van der Waals surface area contributed by atoms with Crippen molar-refractivity contribution in [3.8, 4) is 5.75 Å². The summed E-state index contributed by atoms with van der Waals surface area (Å²) >= 11 is 10.3. The first kappa shape index (κ1) is 23.5. The maximum absolute atomic E-state index is 12.7. The normalized spacial score (nSPS) is 15.3. The Morgan fingerprint density at radius 1 is 1.16 bits per heavy atom. The van der Waals surface area contributed by atoms with Gasteiger partial charge < -0.3 is 19.3 Å². The molecule has 0 unspecified atom stereocenters. The number of anilines is 1. The highest BCUT2D eigenvalue weighted by Gasteiger charge is 2.24. The van der Waals surface area contributed by atoms with E-state index in [1.807, 2.05) is 12.1 Å². The van der Waals surface area contributed by atoms with Gasteiger partial charge in [0.1, 0.15) is 18.5 Å². The Morgan fingerprint density at radius 2 is 1.81 bits per heavy atom. The van der Waals surface area contributed by atoms with Gasteiger partial charge in [-0.25, -0.2) is 4.79 Å². The summed E-state index contributed by atoms with van der Waals surface area (Å²) < 4.78 is 11.2. The van der Waals surface area contributed by atoms with E-state index in [2.05, 4.69) is 62.7 Å². The highest BCUT2D eigenvalue weighted by molar-refractivity contribution is 9.11. The molecule has 1 aliphatic heterocycles. The van der Waals surface area contributed by atoms with Gasteiger partial charge in [-0.15, -0.1) is 0 Å². The van der Waals surface area contributed by atoms with Crippen molar-refractivity contribution in [3.63, 3.8) is 0 Å². The zero-order valence-corrected chi connectivity index (χ0v) is 22.0. The number of piperidine rings is 1. The molecule has 0 bridgehead atoms. The van der Waals surface area contributed by atoms with Gasteiger partial charge in [-0.1, -0.05) is 15.9 Å². The number of aromatic amines is 1. The van der Waals surface area contributed by atoms with Crippen LogP contribution in [0.15, 0.2) is 35.1 Å². The van der Waals surface area contributed by atoms with E-state index in [-0.39, 0.29) is 18.7 Å². The van der Waals surface area contributed by atoms with Crippen molar-refractivity contribution >= 4 is 64.9 Å². The molecule has 12 heteroatoms. The van der Waals surface area contributed by atoms with Crippen LogP contribution in [0.1, 0.15) is 19.3 Å². The lowest BCUT2D eigenvalue weighted by molar-refractivity contribution is 0.0928. The number of aryl methyl sites for hydroxylation is 1. The molecule has 3 heterocycles. The van der Waals surface area contributed by atoms with E-state index in [1.54, 1.807) is 11.6 Å². The zero-order valence-electron chi connectivity index (χ0n) is 17.3. The van der Waals surface area contributed by atoms with E-state index < -0.39 is 17.4 Å². The smallest absolute Gasteiger partial charge is 0.329 e.